The summed E-state index contributed by atoms with van der Waals surface area (Å²) in [5.41, 5.74) is 2.94. The van der Waals surface area contributed by atoms with Gasteiger partial charge in [0.05, 0.1) is 11.4 Å². The highest BCUT2D eigenvalue weighted by atomic mass is 32.2. The number of fused-ring (bicyclic) bond motifs is 1. The van der Waals surface area contributed by atoms with E-state index >= 15 is 0 Å². The Morgan fingerprint density at radius 2 is 1.72 bits per heavy atom. The number of hydrogen-bond donors (Lipinski definition) is 1. The average molecular weight is 501 g/mol. The highest BCUT2D eigenvalue weighted by Crippen LogP contribution is 2.29. The highest BCUT2D eigenvalue weighted by Gasteiger charge is 2.18. The number of thioether (sulfide) groups is 1. The molecule has 0 atom stereocenters. The number of hydrogen-bond acceptors (Lipinski definition) is 5. The van der Waals surface area contributed by atoms with Crippen LogP contribution < -0.4 is 5.32 Å². The lowest BCUT2D eigenvalue weighted by molar-refractivity contribution is -0.118. The predicted octanol–water partition coefficient (Wildman–Crippen LogP) is 5.66. The number of amides is 1. The van der Waals surface area contributed by atoms with Gasteiger partial charge in [-0.2, -0.15) is 0 Å². The molecule has 1 amide bonds. The fourth-order valence-corrected chi connectivity index (χ4v) is 5.08. The summed E-state index contributed by atoms with van der Waals surface area (Å²) >= 11 is 1.40. The van der Waals surface area contributed by atoms with E-state index in [1.807, 2.05) is 42.5 Å². The van der Waals surface area contributed by atoms with Crippen LogP contribution in [0.4, 0.5) is 0 Å². The summed E-state index contributed by atoms with van der Waals surface area (Å²) in [6.45, 7) is 6.47. The van der Waals surface area contributed by atoms with Gasteiger partial charge < -0.3 is 5.32 Å². The van der Waals surface area contributed by atoms with E-state index in [1.165, 1.54) is 24.2 Å². The molecule has 0 aliphatic rings. The Hall–Kier alpha value is -3.45. The Balaban J connectivity index is 1.57. The van der Waals surface area contributed by atoms with Gasteiger partial charge >= 0.3 is 0 Å². The number of benzene rings is 3. The number of carbonyl (C=O) groups is 2. The standard InChI is InChI=1S/C29H32N4O2S/c1-20(2)18-22-13-15-24(16-14-22)27(35)19-36-29-32-31-28(12-7-17-30-21(3)34)33(29)26-11-6-9-23-8-4-5-10-25(23)26/h4-6,8-11,13-16,20H,7,12,17-19H2,1-3H3,(H,30,34). The molecule has 1 N–H and O–H groups in total. The maximum absolute atomic E-state index is 13.0. The quantitative estimate of drug-likeness (QED) is 0.163. The van der Waals surface area contributed by atoms with E-state index in [-0.39, 0.29) is 17.4 Å². The lowest BCUT2D eigenvalue weighted by atomic mass is 10.0. The minimum atomic E-state index is -0.0440. The van der Waals surface area contributed by atoms with Crippen molar-refractivity contribution in [3.05, 3.63) is 83.7 Å². The van der Waals surface area contributed by atoms with E-state index in [9.17, 15) is 9.59 Å². The van der Waals surface area contributed by atoms with E-state index in [0.717, 1.165) is 35.1 Å². The molecule has 0 bridgehead atoms. The second kappa shape index (κ2) is 12.0. The van der Waals surface area contributed by atoms with Crippen LogP contribution >= 0.6 is 11.8 Å². The molecule has 4 rings (SSSR count). The van der Waals surface area contributed by atoms with Gasteiger partial charge in [0.15, 0.2) is 10.9 Å². The molecule has 0 saturated carbocycles. The maximum Gasteiger partial charge on any atom is 0.216 e. The van der Waals surface area contributed by atoms with Gasteiger partial charge in [0, 0.05) is 30.8 Å². The van der Waals surface area contributed by atoms with Crippen molar-refractivity contribution in [2.24, 2.45) is 5.92 Å². The van der Waals surface area contributed by atoms with Crippen LogP contribution in [-0.2, 0) is 17.6 Å². The fourth-order valence-electron chi connectivity index (χ4n) is 4.22. The van der Waals surface area contributed by atoms with E-state index < -0.39 is 0 Å². The molecule has 4 aromatic rings. The summed E-state index contributed by atoms with van der Waals surface area (Å²) < 4.78 is 2.06. The van der Waals surface area contributed by atoms with Crippen LogP contribution in [0.25, 0.3) is 16.5 Å². The first-order chi connectivity index (χ1) is 17.4. The van der Waals surface area contributed by atoms with Crippen molar-refractivity contribution in [1.82, 2.24) is 20.1 Å². The first-order valence-electron chi connectivity index (χ1n) is 12.3. The molecule has 6 nitrogen and oxygen atoms in total. The Labute approximate surface area is 216 Å². The van der Waals surface area contributed by atoms with Gasteiger partial charge in [0.1, 0.15) is 5.82 Å². The summed E-state index contributed by atoms with van der Waals surface area (Å²) in [5.74, 6) is 1.69. The van der Waals surface area contributed by atoms with Gasteiger partial charge in [-0.25, -0.2) is 0 Å². The molecule has 1 aromatic heterocycles. The number of nitrogens with one attached hydrogen (secondary N) is 1. The van der Waals surface area contributed by atoms with Gasteiger partial charge in [-0.3, -0.25) is 14.2 Å². The molecule has 0 fully saturated rings. The Morgan fingerprint density at radius 3 is 2.47 bits per heavy atom. The molecule has 0 saturated heterocycles. The van der Waals surface area contributed by atoms with Gasteiger partial charge in [0.25, 0.3) is 0 Å². The summed E-state index contributed by atoms with van der Waals surface area (Å²) in [7, 11) is 0. The van der Waals surface area contributed by atoms with Crippen LogP contribution in [0, 0.1) is 5.92 Å². The second-order valence-corrected chi connectivity index (χ2v) is 10.3. The highest BCUT2D eigenvalue weighted by molar-refractivity contribution is 7.99. The monoisotopic (exact) mass is 500 g/mol. The lowest BCUT2D eigenvalue weighted by Gasteiger charge is -2.13. The van der Waals surface area contributed by atoms with Crippen molar-refractivity contribution in [1.29, 1.82) is 0 Å². The number of aryl methyl sites for hydroxylation is 1. The molecule has 0 aliphatic heterocycles. The average Bonchev–Trinajstić information content (AvgIpc) is 3.27. The Kier molecular flexibility index (Phi) is 8.54. The number of carbonyl (C=O) groups excluding carboxylic acids is 2. The third-order valence-corrected chi connectivity index (χ3v) is 6.84. The summed E-state index contributed by atoms with van der Waals surface area (Å²) in [5, 5.41) is 14.7. The number of aromatic nitrogens is 3. The molecule has 36 heavy (non-hydrogen) atoms. The van der Waals surface area contributed by atoms with Crippen LogP contribution in [0.5, 0.6) is 0 Å². The van der Waals surface area contributed by atoms with Crippen LogP contribution in [0.1, 0.15) is 48.9 Å². The third-order valence-electron chi connectivity index (χ3n) is 5.91. The summed E-state index contributed by atoms with van der Waals surface area (Å²) in [4.78, 5) is 24.2. The lowest BCUT2D eigenvalue weighted by Crippen LogP contribution is -2.21. The molecule has 0 aliphatic carbocycles. The predicted molar refractivity (Wildman–Crippen MR) is 146 cm³/mol. The smallest absolute Gasteiger partial charge is 0.216 e. The van der Waals surface area contributed by atoms with Gasteiger partial charge in [0.2, 0.25) is 5.91 Å². The molecule has 0 unspecified atom stereocenters. The zero-order valence-electron chi connectivity index (χ0n) is 21.0. The van der Waals surface area contributed by atoms with Crippen molar-refractivity contribution in [3.8, 4) is 5.69 Å². The normalized spacial score (nSPS) is 11.2. The van der Waals surface area contributed by atoms with Gasteiger partial charge in [-0.05, 0) is 35.8 Å². The van der Waals surface area contributed by atoms with Crippen molar-refractivity contribution >= 4 is 34.2 Å². The molecular formula is C29H32N4O2S. The SMILES string of the molecule is CC(=O)NCCCc1nnc(SCC(=O)c2ccc(CC(C)C)cc2)n1-c1cccc2ccccc12. The minimum absolute atomic E-state index is 0.0440. The van der Waals surface area contributed by atoms with Gasteiger partial charge in [-0.1, -0.05) is 86.3 Å². The Bertz CT molecular complexity index is 1340. The summed E-state index contributed by atoms with van der Waals surface area (Å²) in [6.07, 6.45) is 2.40. The largest absolute Gasteiger partial charge is 0.356 e. The Morgan fingerprint density at radius 1 is 0.972 bits per heavy atom. The molecule has 7 heteroatoms. The van der Waals surface area contributed by atoms with E-state index in [4.69, 9.17) is 0 Å². The van der Waals surface area contributed by atoms with Crippen molar-refractivity contribution in [3.63, 3.8) is 0 Å². The van der Waals surface area contributed by atoms with Crippen LogP contribution in [0.3, 0.4) is 0 Å². The zero-order chi connectivity index (χ0) is 25.5. The fraction of sp³-hybridized carbons (Fsp3) is 0.310. The third kappa shape index (κ3) is 6.40. The van der Waals surface area contributed by atoms with Gasteiger partial charge in [-0.15, -0.1) is 10.2 Å². The number of Topliss-reactive ketones (excluding diaryl/α,β-unsaturated/α-hetero) is 1. The molecule has 186 valence electrons. The zero-order valence-corrected chi connectivity index (χ0v) is 21.8. The maximum atomic E-state index is 13.0. The number of ketones is 1. The number of rotatable bonds is 11. The minimum Gasteiger partial charge on any atom is -0.356 e. The summed E-state index contributed by atoms with van der Waals surface area (Å²) in [6, 6.07) is 22.3. The van der Waals surface area contributed by atoms with Crippen LogP contribution in [-0.4, -0.2) is 38.8 Å². The van der Waals surface area contributed by atoms with Crippen molar-refractivity contribution < 1.29 is 9.59 Å². The van der Waals surface area contributed by atoms with E-state index in [0.29, 0.717) is 29.6 Å². The molecular weight excluding hydrogens is 468 g/mol. The van der Waals surface area contributed by atoms with Crippen LogP contribution in [0.2, 0.25) is 0 Å². The number of nitrogens with zero attached hydrogens (tertiary/aromatic N) is 3. The van der Waals surface area contributed by atoms with E-state index in [1.54, 1.807) is 0 Å². The van der Waals surface area contributed by atoms with Crippen LogP contribution in [0.15, 0.2) is 71.9 Å². The van der Waals surface area contributed by atoms with Crippen molar-refractivity contribution in [2.75, 3.05) is 12.3 Å². The van der Waals surface area contributed by atoms with E-state index in [2.05, 4.69) is 58.2 Å². The molecule has 1 heterocycles. The molecule has 3 aromatic carbocycles. The first-order valence-corrected chi connectivity index (χ1v) is 13.3. The topological polar surface area (TPSA) is 76.9 Å². The molecule has 0 radical (unpaired) electrons. The second-order valence-electron chi connectivity index (χ2n) is 9.33. The van der Waals surface area contributed by atoms with Crippen molar-refractivity contribution in [2.45, 2.75) is 45.2 Å². The first kappa shape index (κ1) is 25.6. The molecule has 0 spiro atoms.